The van der Waals surface area contributed by atoms with Gasteiger partial charge in [0, 0.05) is 30.1 Å². The summed E-state index contributed by atoms with van der Waals surface area (Å²) < 4.78 is 1.03. The van der Waals surface area contributed by atoms with Gasteiger partial charge in [0.25, 0.3) is 0 Å². The predicted molar refractivity (Wildman–Crippen MR) is 125 cm³/mol. The van der Waals surface area contributed by atoms with Crippen LogP contribution in [0.1, 0.15) is 26.3 Å². The van der Waals surface area contributed by atoms with Gasteiger partial charge in [-0.2, -0.15) is 0 Å². The summed E-state index contributed by atoms with van der Waals surface area (Å²) in [6.07, 6.45) is 8.96. The quantitative estimate of drug-likeness (QED) is 0.490. The lowest BCUT2D eigenvalue weighted by Crippen LogP contribution is -2.28. The average Bonchev–Trinajstić information content (AvgIpc) is 3.15. The van der Waals surface area contributed by atoms with Gasteiger partial charge in [0.2, 0.25) is 0 Å². The topological polar surface area (TPSA) is 66.9 Å². The van der Waals surface area contributed by atoms with Gasteiger partial charge < -0.3 is 5.32 Å². The maximum absolute atomic E-state index is 11.8. The van der Waals surface area contributed by atoms with E-state index in [9.17, 15) is 4.79 Å². The molecular formula is C23H26N4OS. The Bertz CT molecular complexity index is 1020. The lowest BCUT2D eigenvalue weighted by atomic mass is 10.00. The molecule has 0 aliphatic heterocycles. The third-order valence-corrected chi connectivity index (χ3v) is 5.10. The molecule has 0 fully saturated rings. The largest absolute Gasteiger partial charge is 0.338 e. The van der Waals surface area contributed by atoms with Crippen molar-refractivity contribution in [1.29, 1.82) is 0 Å². The van der Waals surface area contributed by atoms with Crippen LogP contribution in [-0.2, 0) is 0 Å². The van der Waals surface area contributed by atoms with Crippen LogP contribution in [0.15, 0.2) is 68.0 Å². The van der Waals surface area contributed by atoms with Crippen molar-refractivity contribution in [3.05, 3.63) is 73.6 Å². The summed E-state index contributed by atoms with van der Waals surface area (Å²) in [6.45, 7) is 13.3. The minimum Gasteiger partial charge on any atom is -0.338 e. The van der Waals surface area contributed by atoms with Gasteiger partial charge in [0.1, 0.15) is 0 Å². The smallest absolute Gasteiger partial charge is 0.321 e. The van der Waals surface area contributed by atoms with E-state index in [-0.39, 0.29) is 6.03 Å². The van der Waals surface area contributed by atoms with Crippen LogP contribution in [0, 0.1) is 0 Å². The van der Waals surface area contributed by atoms with Crippen molar-refractivity contribution in [3.63, 3.8) is 0 Å². The van der Waals surface area contributed by atoms with Gasteiger partial charge >= 0.3 is 6.03 Å². The second kappa shape index (κ2) is 10.9. The molecule has 2 aromatic heterocycles. The highest BCUT2D eigenvalue weighted by molar-refractivity contribution is 7.22. The Morgan fingerprint density at radius 2 is 2.03 bits per heavy atom. The number of allylic oxidation sites excluding steroid dienone is 4. The molecule has 6 heteroatoms. The molecule has 2 N–H and O–H groups in total. The van der Waals surface area contributed by atoms with Gasteiger partial charge in [0.15, 0.2) is 5.13 Å². The number of urea groups is 1. The minimum atomic E-state index is -0.241. The fourth-order valence-corrected chi connectivity index (χ4v) is 3.50. The summed E-state index contributed by atoms with van der Waals surface area (Å²) in [7, 11) is 0. The van der Waals surface area contributed by atoms with Crippen LogP contribution in [0.5, 0.6) is 0 Å². The van der Waals surface area contributed by atoms with Crippen LogP contribution in [0.2, 0.25) is 0 Å². The van der Waals surface area contributed by atoms with Crippen molar-refractivity contribution in [2.45, 2.75) is 20.8 Å². The number of amides is 2. The number of benzene rings is 1. The number of anilines is 1. The van der Waals surface area contributed by atoms with Crippen molar-refractivity contribution in [1.82, 2.24) is 15.3 Å². The Hall–Kier alpha value is -3.25. The number of hydrogen-bond donors (Lipinski definition) is 2. The van der Waals surface area contributed by atoms with Gasteiger partial charge in [0.05, 0.1) is 10.2 Å². The van der Waals surface area contributed by atoms with E-state index in [1.165, 1.54) is 16.9 Å². The molecule has 3 rings (SSSR count). The first-order valence-corrected chi connectivity index (χ1v) is 10.1. The van der Waals surface area contributed by atoms with Gasteiger partial charge in [-0.05, 0) is 50.1 Å². The first kappa shape index (κ1) is 22.0. The molecule has 0 unspecified atom stereocenters. The summed E-state index contributed by atoms with van der Waals surface area (Å²) in [5.74, 6) is 0. The van der Waals surface area contributed by atoms with Crippen molar-refractivity contribution in [2.24, 2.45) is 0 Å². The molecule has 150 valence electrons. The van der Waals surface area contributed by atoms with E-state index in [1.807, 2.05) is 32.2 Å². The van der Waals surface area contributed by atoms with Crippen LogP contribution in [0.25, 0.3) is 26.9 Å². The van der Waals surface area contributed by atoms with Crippen LogP contribution < -0.4 is 10.6 Å². The van der Waals surface area contributed by atoms with Gasteiger partial charge in [-0.25, -0.2) is 9.78 Å². The molecule has 0 atom stereocenters. The minimum absolute atomic E-state index is 0.241. The Morgan fingerprint density at radius 3 is 2.62 bits per heavy atom. The number of pyridine rings is 1. The maximum atomic E-state index is 11.8. The number of aromatic nitrogens is 2. The Balaban J connectivity index is 0.000000687. The van der Waals surface area contributed by atoms with E-state index >= 15 is 0 Å². The second-order valence-electron chi connectivity index (χ2n) is 6.06. The summed E-state index contributed by atoms with van der Waals surface area (Å²) >= 11 is 1.47. The van der Waals surface area contributed by atoms with Crippen LogP contribution in [0.3, 0.4) is 0 Å². The molecule has 0 saturated heterocycles. The molecule has 0 bridgehead atoms. The van der Waals surface area contributed by atoms with Crippen LogP contribution in [-0.4, -0.2) is 22.5 Å². The maximum Gasteiger partial charge on any atom is 0.321 e. The van der Waals surface area contributed by atoms with E-state index in [4.69, 9.17) is 0 Å². The first-order chi connectivity index (χ1) is 14.0. The van der Waals surface area contributed by atoms with Gasteiger partial charge in [-0.1, -0.05) is 48.8 Å². The fraction of sp³-hybridized carbons (Fsp3) is 0.174. The standard InChI is InChI=1S/C19H20N4OS.C4H6/c1-4-12(3)14-9-15(13-7-6-8-20-11-13)17-16(10-14)22-19(25-17)23-18(24)21-5-2;1-3-4-2/h4,6-11H,5H2,1-3H3,(H2,21,22,23,24);3-4H,1-2H2/b12-4+;. The number of carbonyl (C=O) groups excluding carboxylic acids is 1. The molecule has 29 heavy (non-hydrogen) atoms. The summed E-state index contributed by atoms with van der Waals surface area (Å²) in [6, 6.07) is 7.93. The number of nitrogens with one attached hydrogen (secondary N) is 2. The monoisotopic (exact) mass is 406 g/mol. The molecule has 0 saturated carbocycles. The number of fused-ring (bicyclic) bond motifs is 1. The molecule has 5 nitrogen and oxygen atoms in total. The SMILES string of the molecule is C/C=C(\C)c1cc(-c2cccnc2)c2sc(NC(=O)NCC)nc2c1.C=CC=C. The van der Waals surface area contributed by atoms with Crippen molar-refractivity contribution in [3.8, 4) is 11.1 Å². The van der Waals surface area contributed by atoms with Crippen LogP contribution in [0.4, 0.5) is 9.93 Å². The van der Waals surface area contributed by atoms with E-state index in [1.54, 1.807) is 18.3 Å². The Kier molecular flexibility index (Phi) is 8.30. The molecule has 2 heterocycles. The number of thiazole rings is 1. The number of hydrogen-bond acceptors (Lipinski definition) is 4. The van der Waals surface area contributed by atoms with E-state index < -0.39 is 0 Å². The zero-order chi connectivity index (χ0) is 21.2. The normalized spacial score (nSPS) is 10.7. The zero-order valence-electron chi connectivity index (χ0n) is 17.0. The molecule has 2 amide bonds. The third kappa shape index (κ3) is 5.86. The van der Waals surface area contributed by atoms with Crippen molar-refractivity contribution < 1.29 is 4.79 Å². The van der Waals surface area contributed by atoms with Gasteiger partial charge in [-0.15, -0.1) is 0 Å². The van der Waals surface area contributed by atoms with Crippen molar-refractivity contribution >= 4 is 38.3 Å². The van der Waals surface area contributed by atoms with E-state index in [2.05, 4.69) is 58.9 Å². The zero-order valence-corrected chi connectivity index (χ0v) is 17.8. The summed E-state index contributed by atoms with van der Waals surface area (Å²) in [5.41, 5.74) is 5.27. The fourth-order valence-electron chi connectivity index (χ4n) is 2.52. The summed E-state index contributed by atoms with van der Waals surface area (Å²) in [4.78, 5) is 20.6. The molecular weight excluding hydrogens is 380 g/mol. The third-order valence-electron chi connectivity index (χ3n) is 4.08. The summed E-state index contributed by atoms with van der Waals surface area (Å²) in [5, 5.41) is 6.11. The number of carbonyl (C=O) groups is 1. The first-order valence-electron chi connectivity index (χ1n) is 9.30. The molecule has 3 aromatic rings. The predicted octanol–water partition coefficient (Wildman–Crippen LogP) is 6.28. The Labute approximate surface area is 175 Å². The molecule has 0 aliphatic rings. The highest BCUT2D eigenvalue weighted by Crippen LogP contribution is 2.37. The van der Waals surface area contributed by atoms with E-state index in [0.29, 0.717) is 11.7 Å². The number of nitrogens with zero attached hydrogens (tertiary/aromatic N) is 2. The second-order valence-corrected chi connectivity index (χ2v) is 7.06. The molecule has 0 spiro atoms. The lowest BCUT2D eigenvalue weighted by Gasteiger charge is -2.07. The van der Waals surface area contributed by atoms with Crippen LogP contribution >= 0.6 is 11.3 Å². The molecule has 1 aromatic carbocycles. The molecule has 0 aliphatic carbocycles. The number of rotatable bonds is 5. The highest BCUT2D eigenvalue weighted by Gasteiger charge is 2.14. The van der Waals surface area contributed by atoms with E-state index in [0.717, 1.165) is 26.9 Å². The Morgan fingerprint density at radius 1 is 1.28 bits per heavy atom. The van der Waals surface area contributed by atoms with Gasteiger partial charge in [-0.3, -0.25) is 10.3 Å². The average molecular weight is 407 g/mol. The van der Waals surface area contributed by atoms with Crippen molar-refractivity contribution in [2.75, 3.05) is 11.9 Å². The lowest BCUT2D eigenvalue weighted by molar-refractivity contribution is 0.252. The highest BCUT2D eigenvalue weighted by atomic mass is 32.1. The molecule has 0 radical (unpaired) electrons.